The molecule has 18 heteroatoms. The van der Waals surface area contributed by atoms with Gasteiger partial charge in [-0.25, -0.2) is 14.4 Å². The molecule has 0 radical (unpaired) electrons. The van der Waals surface area contributed by atoms with Gasteiger partial charge in [0.1, 0.15) is 29.6 Å². The topological polar surface area (TPSA) is 217 Å². The number of nitrogens with zero attached hydrogens (tertiary/aromatic N) is 4. The molecule has 0 saturated carbocycles. The first-order valence-electron chi connectivity index (χ1n) is 23.6. The number of hydrogen-bond donors (Lipinski definition) is 4. The van der Waals surface area contributed by atoms with Crippen molar-refractivity contribution in [3.05, 3.63) is 59.2 Å². The van der Waals surface area contributed by atoms with Crippen LogP contribution in [0.4, 0.5) is 14.4 Å². The summed E-state index contributed by atoms with van der Waals surface area (Å²) in [6.07, 6.45) is 7.51. The highest BCUT2D eigenvalue weighted by molar-refractivity contribution is 6.02. The monoisotopic (exact) mass is 931 g/mol. The summed E-state index contributed by atoms with van der Waals surface area (Å²) >= 11 is 0. The molecule has 366 valence electrons. The molecule has 4 heterocycles. The van der Waals surface area contributed by atoms with E-state index in [1.54, 1.807) is 24.8 Å². The third-order valence-corrected chi connectivity index (χ3v) is 13.6. The molecular weight excluding hydrogens is 861 g/mol. The number of likely N-dealkylation sites (tertiary alicyclic amines) is 3. The molecule has 4 N–H and O–H groups in total. The van der Waals surface area contributed by atoms with Crippen molar-refractivity contribution in [1.29, 1.82) is 0 Å². The van der Waals surface area contributed by atoms with E-state index in [9.17, 15) is 33.6 Å². The summed E-state index contributed by atoms with van der Waals surface area (Å²) in [5.74, 6) is -0.888. The van der Waals surface area contributed by atoms with Crippen molar-refractivity contribution in [3.63, 3.8) is 0 Å². The summed E-state index contributed by atoms with van der Waals surface area (Å²) in [6.45, 7) is 14.8. The van der Waals surface area contributed by atoms with E-state index in [1.165, 1.54) is 19.1 Å². The number of benzene rings is 1. The molecule has 1 aliphatic carbocycles. The van der Waals surface area contributed by atoms with Crippen molar-refractivity contribution in [2.75, 3.05) is 53.5 Å². The Bertz CT molecular complexity index is 2120. The maximum absolute atomic E-state index is 14.2. The molecule has 3 saturated heterocycles. The van der Waals surface area contributed by atoms with Crippen LogP contribution >= 0.6 is 0 Å². The molecule has 6 amide bonds. The number of aliphatic imine (C=N–C) groups is 1. The summed E-state index contributed by atoms with van der Waals surface area (Å²) in [4.78, 5) is 102. The van der Waals surface area contributed by atoms with Crippen LogP contribution in [0.15, 0.2) is 53.1 Å². The Labute approximate surface area is 394 Å². The van der Waals surface area contributed by atoms with E-state index < -0.39 is 59.2 Å². The second-order valence-corrected chi connectivity index (χ2v) is 20.1. The average Bonchev–Trinajstić information content (AvgIpc) is 4.08. The van der Waals surface area contributed by atoms with Gasteiger partial charge in [-0.2, -0.15) is 0 Å². The lowest BCUT2D eigenvalue weighted by Gasteiger charge is -2.39. The van der Waals surface area contributed by atoms with E-state index in [1.807, 2.05) is 51.7 Å². The number of carbonyl (C=O) groups excluding carboxylic acids is 7. The van der Waals surface area contributed by atoms with Gasteiger partial charge in [0.05, 0.1) is 39.4 Å². The van der Waals surface area contributed by atoms with Gasteiger partial charge in [-0.05, 0) is 87.7 Å². The Hall–Kier alpha value is -5.94. The van der Waals surface area contributed by atoms with Crippen LogP contribution < -0.4 is 21.3 Å². The van der Waals surface area contributed by atoms with E-state index in [2.05, 4.69) is 45.5 Å². The molecule has 1 aromatic rings. The second kappa shape index (κ2) is 21.3. The summed E-state index contributed by atoms with van der Waals surface area (Å²) in [5.41, 5.74) is 1.53. The number of allylic oxidation sites excluding steroid dienone is 3. The number of carbonyl (C=O) groups is 7. The van der Waals surface area contributed by atoms with E-state index in [0.29, 0.717) is 57.4 Å². The van der Waals surface area contributed by atoms with Crippen molar-refractivity contribution in [3.8, 4) is 0 Å². The predicted molar refractivity (Wildman–Crippen MR) is 250 cm³/mol. The van der Waals surface area contributed by atoms with Crippen molar-refractivity contribution in [2.45, 2.75) is 129 Å². The Morgan fingerprint density at radius 2 is 1.45 bits per heavy atom. The van der Waals surface area contributed by atoms with E-state index in [0.717, 1.165) is 29.8 Å². The molecule has 1 unspecified atom stereocenters. The molecule has 67 heavy (non-hydrogen) atoms. The fraction of sp³-hybridized carbons (Fsp3) is 0.633. The lowest BCUT2D eigenvalue weighted by atomic mass is 9.76. The first kappa shape index (κ1) is 50.5. The van der Waals surface area contributed by atoms with Crippen molar-refractivity contribution in [1.82, 2.24) is 36.0 Å². The first-order chi connectivity index (χ1) is 31.7. The first-order valence-corrected chi connectivity index (χ1v) is 23.6. The van der Waals surface area contributed by atoms with Gasteiger partial charge in [0.25, 0.3) is 0 Å². The van der Waals surface area contributed by atoms with Crippen molar-refractivity contribution >= 4 is 47.6 Å². The number of Topliss-reactive ketones (excluding diaryl/α,β-unsaturated/α-hetero) is 1. The lowest BCUT2D eigenvalue weighted by Crippen LogP contribution is -2.55. The standard InChI is InChI=1S/C49H70N8O10/c1-29(2)39(53-45(62)65-8)43(60)56-22-10-11-36(56)41-50-26-35(52-41)33-16-12-31(13-17-33)32-14-18-34(19-15-32)38(58)27-51-42(59)37-25-49(20-23-55(24-21-49)47(64)67-48(5,6)7)28-57(37)44(61)40(30(3)4)54-46(63)66-9/h12-14,16-19,29-30,32,35-37,39-40H,10-11,15,20-28H2,1-9H3,(H,50,52)(H,51,59)(H,53,62)(H,54,63)/t32-,35+,36-,37?,39-,40-/m0/s1. The Kier molecular flexibility index (Phi) is 16.1. The van der Waals surface area contributed by atoms with Crippen LogP contribution in [0.2, 0.25) is 0 Å². The fourth-order valence-corrected chi connectivity index (χ4v) is 9.73. The van der Waals surface area contributed by atoms with Crippen LogP contribution in [0.25, 0.3) is 0 Å². The largest absolute Gasteiger partial charge is 0.453 e. The zero-order chi connectivity index (χ0) is 48.8. The number of ketones is 1. The van der Waals surface area contributed by atoms with Crippen LogP contribution in [-0.2, 0) is 33.4 Å². The SMILES string of the molecule is COC(=O)N[C@H](C(=O)N1CC2(CCN(C(=O)OC(C)(C)C)CC2)CC1C(=O)NCC(=O)C1=CC[C@@H](c2ccc([C@H]3CN=C([C@@H]4CCCN4C(=O)[C@@H](NC(=O)OC)C(C)C)N3)cc2)C=C1)C(C)C. The van der Waals surface area contributed by atoms with Gasteiger partial charge in [0.15, 0.2) is 5.78 Å². The van der Waals surface area contributed by atoms with Crippen molar-refractivity contribution in [2.24, 2.45) is 22.2 Å². The quantitative estimate of drug-likeness (QED) is 0.198. The average molecular weight is 931 g/mol. The number of hydrogen-bond acceptors (Lipinski definition) is 12. The molecule has 6 atom stereocenters. The van der Waals surface area contributed by atoms with Crippen LogP contribution in [0.5, 0.6) is 0 Å². The Balaban J connectivity index is 1.03. The molecule has 1 spiro atoms. The zero-order valence-electron chi connectivity index (χ0n) is 40.5. The van der Waals surface area contributed by atoms with Crippen LogP contribution in [0, 0.1) is 17.3 Å². The molecule has 18 nitrogen and oxygen atoms in total. The molecule has 5 aliphatic rings. The van der Waals surface area contributed by atoms with Gasteiger partial charge in [0.2, 0.25) is 17.7 Å². The number of amidine groups is 1. The van der Waals surface area contributed by atoms with Gasteiger partial charge < -0.3 is 50.2 Å². The van der Waals surface area contributed by atoms with Crippen LogP contribution in [0.3, 0.4) is 0 Å². The highest BCUT2D eigenvalue weighted by atomic mass is 16.6. The van der Waals surface area contributed by atoms with Gasteiger partial charge >= 0.3 is 18.3 Å². The predicted octanol–water partition coefficient (Wildman–Crippen LogP) is 4.76. The highest BCUT2D eigenvalue weighted by Gasteiger charge is 2.52. The van der Waals surface area contributed by atoms with E-state index in [4.69, 9.17) is 19.2 Å². The number of rotatable bonds is 13. The Morgan fingerprint density at radius 1 is 0.851 bits per heavy atom. The van der Waals surface area contributed by atoms with Crippen molar-refractivity contribution < 1.29 is 47.8 Å². The van der Waals surface area contributed by atoms with E-state index in [-0.39, 0.29) is 54.6 Å². The number of amides is 6. The zero-order valence-corrected chi connectivity index (χ0v) is 40.5. The summed E-state index contributed by atoms with van der Waals surface area (Å²) in [6, 6.07) is 5.52. The molecule has 0 aromatic heterocycles. The highest BCUT2D eigenvalue weighted by Crippen LogP contribution is 2.44. The molecule has 4 aliphatic heterocycles. The third-order valence-electron chi connectivity index (χ3n) is 13.6. The van der Waals surface area contributed by atoms with Gasteiger partial charge in [-0.1, -0.05) is 70.2 Å². The minimum absolute atomic E-state index is 0.0394. The number of alkyl carbamates (subject to hydrolysis) is 2. The molecule has 0 bridgehead atoms. The smallest absolute Gasteiger partial charge is 0.410 e. The van der Waals surface area contributed by atoms with E-state index >= 15 is 0 Å². The minimum Gasteiger partial charge on any atom is -0.453 e. The summed E-state index contributed by atoms with van der Waals surface area (Å²) < 4.78 is 15.1. The third kappa shape index (κ3) is 12.2. The molecule has 6 rings (SSSR count). The maximum atomic E-state index is 14.2. The second-order valence-electron chi connectivity index (χ2n) is 20.1. The number of nitrogens with one attached hydrogen (secondary N) is 4. The minimum atomic E-state index is -0.946. The van der Waals surface area contributed by atoms with Gasteiger partial charge in [0, 0.05) is 37.7 Å². The molecular formula is C49H70N8O10. The summed E-state index contributed by atoms with van der Waals surface area (Å²) in [5, 5.41) is 11.7. The lowest BCUT2D eigenvalue weighted by molar-refractivity contribution is -0.141. The Morgan fingerprint density at radius 3 is 2.00 bits per heavy atom. The molecule has 1 aromatic carbocycles. The van der Waals surface area contributed by atoms with Crippen LogP contribution in [-0.4, -0.2) is 146 Å². The number of methoxy groups -OCH3 is 2. The number of ether oxygens (including phenoxy) is 3. The fourth-order valence-electron chi connectivity index (χ4n) is 9.73. The summed E-state index contributed by atoms with van der Waals surface area (Å²) in [7, 11) is 2.50. The number of piperidine rings is 1. The van der Waals surface area contributed by atoms with Gasteiger partial charge in [-0.15, -0.1) is 0 Å². The molecule has 3 fully saturated rings. The van der Waals surface area contributed by atoms with Crippen LogP contribution in [0.1, 0.15) is 110 Å². The van der Waals surface area contributed by atoms with Gasteiger partial charge in [-0.3, -0.25) is 24.2 Å². The maximum Gasteiger partial charge on any atom is 0.410 e. The normalized spacial score (nSPS) is 23.2.